The summed E-state index contributed by atoms with van der Waals surface area (Å²) in [6.45, 7) is 2.31. The van der Waals surface area contributed by atoms with Crippen LogP contribution in [0.3, 0.4) is 0 Å². The predicted molar refractivity (Wildman–Crippen MR) is 120 cm³/mol. The second-order valence-corrected chi connectivity index (χ2v) is 7.11. The lowest BCUT2D eigenvalue weighted by atomic mass is 10.0. The van der Waals surface area contributed by atoms with Crippen LogP contribution in [0.25, 0.3) is 11.6 Å². The summed E-state index contributed by atoms with van der Waals surface area (Å²) in [5.74, 6) is -0.809. The topological polar surface area (TPSA) is 79.5 Å². The predicted octanol–water partition coefficient (Wildman–Crippen LogP) is 6.22. The molecule has 0 heterocycles. The van der Waals surface area contributed by atoms with Gasteiger partial charge in [-0.1, -0.05) is 41.9 Å². The molecule has 1 N–H and O–H groups in total. The Bertz CT molecular complexity index is 1200. The van der Waals surface area contributed by atoms with Crippen molar-refractivity contribution in [3.05, 3.63) is 93.8 Å². The maximum Gasteiger partial charge on any atom is 0.335 e. The molecule has 0 aliphatic carbocycles. The number of rotatable bonds is 8. The van der Waals surface area contributed by atoms with Gasteiger partial charge in [-0.3, -0.25) is 0 Å². The van der Waals surface area contributed by atoms with E-state index >= 15 is 0 Å². The molecular formula is C25H19ClFNO4. The summed E-state index contributed by atoms with van der Waals surface area (Å²) in [5.41, 5.74) is 1.82. The lowest BCUT2D eigenvalue weighted by Crippen LogP contribution is -2.02. The van der Waals surface area contributed by atoms with Crippen LogP contribution in [-0.2, 0) is 6.61 Å². The van der Waals surface area contributed by atoms with Crippen LogP contribution >= 0.6 is 11.6 Å². The van der Waals surface area contributed by atoms with E-state index in [1.54, 1.807) is 36.4 Å². The second-order valence-electron chi connectivity index (χ2n) is 6.70. The third-order valence-corrected chi connectivity index (χ3v) is 4.79. The van der Waals surface area contributed by atoms with Gasteiger partial charge in [0.15, 0.2) is 11.5 Å². The Kier molecular flexibility index (Phi) is 7.48. The number of halogens is 2. The third kappa shape index (κ3) is 5.45. The number of nitriles is 1. The molecule has 0 amide bonds. The van der Waals surface area contributed by atoms with Crippen LogP contribution in [-0.4, -0.2) is 17.7 Å². The molecule has 0 aromatic heterocycles. The van der Waals surface area contributed by atoms with Gasteiger partial charge in [-0.2, -0.15) is 5.26 Å². The zero-order valence-corrected chi connectivity index (χ0v) is 17.9. The number of nitrogens with zero attached hydrogens (tertiary/aromatic N) is 1. The number of allylic oxidation sites excluding steroid dienone is 1. The fourth-order valence-corrected chi connectivity index (χ4v) is 3.26. The third-order valence-electron chi connectivity index (χ3n) is 4.51. The van der Waals surface area contributed by atoms with Gasteiger partial charge in [-0.25, -0.2) is 9.18 Å². The normalized spacial score (nSPS) is 11.0. The van der Waals surface area contributed by atoms with E-state index in [9.17, 15) is 14.4 Å². The summed E-state index contributed by atoms with van der Waals surface area (Å²) in [6, 6.07) is 17.6. The van der Waals surface area contributed by atoms with Gasteiger partial charge in [0.2, 0.25) is 0 Å². The Hall–Kier alpha value is -3.82. The zero-order chi connectivity index (χ0) is 23.1. The van der Waals surface area contributed by atoms with Crippen LogP contribution in [0.4, 0.5) is 4.39 Å². The minimum absolute atomic E-state index is 0.146. The Morgan fingerprint density at radius 2 is 1.88 bits per heavy atom. The maximum atomic E-state index is 14.1. The van der Waals surface area contributed by atoms with E-state index in [2.05, 4.69) is 0 Å². The van der Waals surface area contributed by atoms with Crippen molar-refractivity contribution in [2.45, 2.75) is 13.5 Å². The van der Waals surface area contributed by atoms with Gasteiger partial charge in [-0.05, 0) is 54.5 Å². The van der Waals surface area contributed by atoms with Gasteiger partial charge in [-0.15, -0.1) is 0 Å². The number of ether oxygens (including phenoxy) is 2. The van der Waals surface area contributed by atoms with Gasteiger partial charge in [0.25, 0.3) is 0 Å². The van der Waals surface area contributed by atoms with E-state index in [0.717, 1.165) is 5.56 Å². The Morgan fingerprint density at radius 1 is 1.16 bits per heavy atom. The molecule has 0 aliphatic heterocycles. The number of aromatic carboxylic acids is 1. The standard InChI is InChI=1S/C25H19ClFNO4/c1-2-31-23-13-17(11-19(14-28)20-5-3-4-6-22(20)27)12-21(26)24(23)32-15-16-7-9-18(10-8-16)25(29)30/h3-13H,2,15H2,1H3,(H,29,30). The molecule has 162 valence electrons. The molecule has 32 heavy (non-hydrogen) atoms. The first-order valence-electron chi connectivity index (χ1n) is 9.71. The largest absolute Gasteiger partial charge is 0.490 e. The molecule has 0 aliphatic rings. The first-order chi connectivity index (χ1) is 15.4. The smallest absolute Gasteiger partial charge is 0.335 e. The summed E-state index contributed by atoms with van der Waals surface area (Å²) < 4.78 is 25.6. The molecule has 5 nitrogen and oxygen atoms in total. The first kappa shape index (κ1) is 22.9. The van der Waals surface area contributed by atoms with Crippen LogP contribution in [0.5, 0.6) is 11.5 Å². The molecule has 3 aromatic rings. The molecule has 3 rings (SSSR count). The molecule has 0 saturated carbocycles. The van der Waals surface area contributed by atoms with Crippen LogP contribution in [0, 0.1) is 17.1 Å². The van der Waals surface area contributed by atoms with Crippen LogP contribution in [0.1, 0.15) is 34.0 Å². The highest BCUT2D eigenvalue weighted by molar-refractivity contribution is 6.32. The Balaban J connectivity index is 1.90. The van der Waals surface area contributed by atoms with Gasteiger partial charge in [0, 0.05) is 5.56 Å². The van der Waals surface area contributed by atoms with Crippen molar-refractivity contribution in [3.8, 4) is 17.6 Å². The molecule has 0 atom stereocenters. The summed E-state index contributed by atoms with van der Waals surface area (Å²) in [5, 5.41) is 18.8. The summed E-state index contributed by atoms with van der Waals surface area (Å²) in [4.78, 5) is 11.0. The van der Waals surface area contributed by atoms with Gasteiger partial charge < -0.3 is 14.6 Å². The Morgan fingerprint density at radius 3 is 2.50 bits per heavy atom. The number of carboxylic acid groups (broad SMARTS) is 1. The molecule has 3 aromatic carbocycles. The molecule has 0 radical (unpaired) electrons. The Labute approximate surface area is 189 Å². The second kappa shape index (κ2) is 10.5. The van der Waals surface area contributed by atoms with Crippen molar-refractivity contribution in [2.24, 2.45) is 0 Å². The maximum absolute atomic E-state index is 14.1. The van der Waals surface area contributed by atoms with Crippen molar-refractivity contribution in [1.82, 2.24) is 0 Å². The van der Waals surface area contributed by atoms with Gasteiger partial charge in [0.05, 0.1) is 28.8 Å². The highest BCUT2D eigenvalue weighted by Gasteiger charge is 2.14. The molecule has 0 saturated heterocycles. The molecule has 0 spiro atoms. The fraction of sp³-hybridized carbons (Fsp3) is 0.120. The van der Waals surface area contributed by atoms with Crippen molar-refractivity contribution < 1.29 is 23.8 Å². The molecule has 0 unspecified atom stereocenters. The highest BCUT2D eigenvalue weighted by atomic mass is 35.5. The number of hydrogen-bond donors (Lipinski definition) is 1. The minimum Gasteiger partial charge on any atom is -0.490 e. The molecule has 0 fully saturated rings. The van der Waals surface area contributed by atoms with Crippen LogP contribution in [0.2, 0.25) is 5.02 Å². The lowest BCUT2D eigenvalue weighted by molar-refractivity contribution is 0.0697. The van der Waals surface area contributed by atoms with Crippen molar-refractivity contribution >= 4 is 29.2 Å². The first-order valence-corrected chi connectivity index (χ1v) is 10.1. The fourth-order valence-electron chi connectivity index (χ4n) is 2.99. The SMILES string of the molecule is CCOc1cc(C=C(C#N)c2ccccc2F)cc(Cl)c1OCc1ccc(C(=O)O)cc1. The van der Waals surface area contributed by atoms with E-state index in [4.69, 9.17) is 26.2 Å². The lowest BCUT2D eigenvalue weighted by Gasteiger charge is -2.15. The minimum atomic E-state index is -1.00. The molecular weight excluding hydrogens is 433 g/mol. The number of hydrogen-bond acceptors (Lipinski definition) is 4. The number of carboxylic acids is 1. The monoisotopic (exact) mass is 451 g/mol. The van der Waals surface area contributed by atoms with Crippen molar-refractivity contribution in [3.63, 3.8) is 0 Å². The van der Waals surface area contributed by atoms with E-state index < -0.39 is 11.8 Å². The summed E-state index contributed by atoms with van der Waals surface area (Å²) in [6.07, 6.45) is 1.53. The van der Waals surface area contributed by atoms with E-state index in [0.29, 0.717) is 23.7 Å². The highest BCUT2D eigenvalue weighted by Crippen LogP contribution is 2.38. The summed E-state index contributed by atoms with van der Waals surface area (Å²) in [7, 11) is 0. The van der Waals surface area contributed by atoms with Crippen molar-refractivity contribution in [2.75, 3.05) is 6.61 Å². The van der Waals surface area contributed by atoms with Crippen LogP contribution < -0.4 is 9.47 Å². The number of benzene rings is 3. The zero-order valence-electron chi connectivity index (χ0n) is 17.1. The average Bonchev–Trinajstić information content (AvgIpc) is 2.78. The van der Waals surface area contributed by atoms with Crippen molar-refractivity contribution in [1.29, 1.82) is 5.26 Å². The molecule has 7 heteroatoms. The summed E-state index contributed by atoms with van der Waals surface area (Å²) >= 11 is 6.44. The molecule has 0 bridgehead atoms. The average molecular weight is 452 g/mol. The van der Waals surface area contributed by atoms with Crippen LogP contribution in [0.15, 0.2) is 60.7 Å². The number of carbonyl (C=O) groups is 1. The van der Waals surface area contributed by atoms with E-state index in [1.165, 1.54) is 30.3 Å². The van der Waals surface area contributed by atoms with Gasteiger partial charge >= 0.3 is 5.97 Å². The van der Waals surface area contributed by atoms with Gasteiger partial charge in [0.1, 0.15) is 12.4 Å². The van der Waals surface area contributed by atoms with E-state index in [1.807, 2.05) is 13.0 Å². The quantitative estimate of drug-likeness (QED) is 0.325. The van der Waals surface area contributed by atoms with E-state index in [-0.39, 0.29) is 28.3 Å².